The van der Waals surface area contributed by atoms with Gasteiger partial charge >= 0.3 is 0 Å². The summed E-state index contributed by atoms with van der Waals surface area (Å²) in [6.45, 7) is 15.3. The van der Waals surface area contributed by atoms with Crippen LogP contribution in [0.2, 0.25) is 0 Å². The lowest BCUT2D eigenvalue weighted by Crippen LogP contribution is -2.52. The Morgan fingerprint density at radius 3 is 2.50 bits per heavy atom. The van der Waals surface area contributed by atoms with E-state index in [0.717, 1.165) is 24.9 Å². The molecule has 0 aromatic heterocycles. The van der Waals surface area contributed by atoms with Gasteiger partial charge in [0.05, 0.1) is 0 Å². The van der Waals surface area contributed by atoms with Gasteiger partial charge in [0.15, 0.2) is 0 Å². The van der Waals surface area contributed by atoms with Crippen molar-refractivity contribution in [1.29, 1.82) is 0 Å². The Morgan fingerprint density at radius 2 is 1.83 bits per heavy atom. The van der Waals surface area contributed by atoms with E-state index < -0.39 is 0 Å². The van der Waals surface area contributed by atoms with Crippen molar-refractivity contribution in [1.82, 2.24) is 4.90 Å². The maximum atomic E-state index is 2.68. The molecule has 4 aliphatic rings. The van der Waals surface area contributed by atoms with Crippen LogP contribution in [-0.4, -0.2) is 37.6 Å². The summed E-state index contributed by atoms with van der Waals surface area (Å²) in [5.41, 5.74) is 6.51. The first-order valence-corrected chi connectivity index (χ1v) is 9.68. The van der Waals surface area contributed by atoms with E-state index in [9.17, 15) is 0 Å². The van der Waals surface area contributed by atoms with E-state index in [0.29, 0.717) is 5.41 Å². The highest BCUT2D eigenvalue weighted by molar-refractivity contribution is 5.55. The SMILES string of the molecule is Cc1ccc(C)c(N2CCN(CC3=CC[C@@H]4C[C@H]3C4(C)C)CC2)c1. The Labute approximate surface area is 147 Å². The minimum Gasteiger partial charge on any atom is -0.369 e. The molecule has 1 saturated heterocycles. The van der Waals surface area contributed by atoms with Gasteiger partial charge in [0.2, 0.25) is 0 Å². The van der Waals surface area contributed by atoms with Crippen LogP contribution >= 0.6 is 0 Å². The van der Waals surface area contributed by atoms with E-state index in [4.69, 9.17) is 0 Å². The lowest BCUT2D eigenvalue weighted by Gasteiger charge is -2.57. The van der Waals surface area contributed by atoms with Gasteiger partial charge in [-0.1, -0.05) is 37.6 Å². The average Bonchev–Trinajstić information content (AvgIpc) is 2.58. The molecule has 1 heterocycles. The van der Waals surface area contributed by atoms with Crippen LogP contribution < -0.4 is 4.90 Å². The normalized spacial score (nSPS) is 29.2. The van der Waals surface area contributed by atoms with Crippen LogP contribution in [0.4, 0.5) is 5.69 Å². The van der Waals surface area contributed by atoms with E-state index in [1.165, 1.54) is 49.3 Å². The van der Waals surface area contributed by atoms with Crippen LogP contribution in [0.15, 0.2) is 29.8 Å². The van der Waals surface area contributed by atoms with Crippen LogP contribution in [0.5, 0.6) is 0 Å². The van der Waals surface area contributed by atoms with Gasteiger partial charge in [-0.2, -0.15) is 0 Å². The Hall–Kier alpha value is -1.28. The van der Waals surface area contributed by atoms with Crippen molar-refractivity contribution >= 4 is 5.69 Å². The third-order valence-corrected chi connectivity index (χ3v) is 7.07. The van der Waals surface area contributed by atoms with E-state index in [1.807, 2.05) is 0 Å². The van der Waals surface area contributed by atoms with Gasteiger partial charge in [0, 0.05) is 38.4 Å². The fourth-order valence-electron chi connectivity index (χ4n) is 5.12. The molecule has 2 nitrogen and oxygen atoms in total. The van der Waals surface area contributed by atoms with Crippen molar-refractivity contribution in [2.45, 2.75) is 40.5 Å². The molecule has 2 atom stereocenters. The van der Waals surface area contributed by atoms with E-state index in [1.54, 1.807) is 5.57 Å². The lowest BCUT2D eigenvalue weighted by atomic mass is 9.49. The monoisotopic (exact) mass is 324 g/mol. The van der Waals surface area contributed by atoms with Gasteiger partial charge in [-0.15, -0.1) is 0 Å². The molecule has 1 aromatic carbocycles. The summed E-state index contributed by atoms with van der Waals surface area (Å²) in [6.07, 6.45) is 5.34. The Morgan fingerprint density at radius 1 is 1.08 bits per heavy atom. The van der Waals surface area contributed by atoms with Crippen LogP contribution in [0, 0.1) is 31.1 Å². The minimum absolute atomic E-state index is 0.560. The van der Waals surface area contributed by atoms with Crippen molar-refractivity contribution in [2.24, 2.45) is 17.3 Å². The minimum atomic E-state index is 0.560. The van der Waals surface area contributed by atoms with Crippen molar-refractivity contribution in [3.63, 3.8) is 0 Å². The molecular formula is C22H32N2. The van der Waals surface area contributed by atoms with Crippen molar-refractivity contribution in [2.75, 3.05) is 37.6 Å². The second-order valence-corrected chi connectivity index (χ2v) is 8.87. The fraction of sp³-hybridized carbons (Fsp3) is 0.636. The number of hydrogen-bond donors (Lipinski definition) is 0. The number of nitrogens with zero attached hydrogens (tertiary/aromatic N) is 2. The summed E-state index contributed by atoms with van der Waals surface area (Å²) in [4.78, 5) is 5.26. The number of fused-ring (bicyclic) bond motifs is 1. The fourth-order valence-corrected chi connectivity index (χ4v) is 5.12. The largest absolute Gasteiger partial charge is 0.369 e. The summed E-state index contributed by atoms with van der Waals surface area (Å²) in [5.74, 6) is 1.81. The summed E-state index contributed by atoms with van der Waals surface area (Å²) >= 11 is 0. The summed E-state index contributed by atoms with van der Waals surface area (Å²) < 4.78 is 0. The molecule has 2 heteroatoms. The molecule has 3 aliphatic carbocycles. The zero-order valence-corrected chi connectivity index (χ0v) is 15.8. The van der Waals surface area contributed by atoms with E-state index >= 15 is 0 Å². The van der Waals surface area contributed by atoms with Crippen LogP contribution in [0.25, 0.3) is 0 Å². The van der Waals surface area contributed by atoms with Gasteiger partial charge in [0.1, 0.15) is 0 Å². The zero-order chi connectivity index (χ0) is 16.9. The van der Waals surface area contributed by atoms with Crippen molar-refractivity contribution in [3.05, 3.63) is 41.0 Å². The van der Waals surface area contributed by atoms with Crippen molar-refractivity contribution in [3.8, 4) is 0 Å². The number of piperazine rings is 1. The molecule has 0 unspecified atom stereocenters. The number of anilines is 1. The van der Waals surface area contributed by atoms with E-state index in [2.05, 4.69) is 61.8 Å². The van der Waals surface area contributed by atoms with Crippen LogP contribution in [-0.2, 0) is 0 Å². The van der Waals surface area contributed by atoms with Crippen LogP contribution in [0.1, 0.15) is 37.8 Å². The third kappa shape index (κ3) is 2.69. The molecule has 0 spiro atoms. The standard InChI is InChI=1S/C22H32N2/c1-16-5-6-17(2)21(13-16)24-11-9-23(10-12-24)15-18-7-8-19-14-20(18)22(19,3)4/h5-7,13,19-20H,8-12,14-15H2,1-4H3/t19-,20-/m1/s1. The molecule has 5 rings (SSSR count). The molecule has 130 valence electrons. The van der Waals surface area contributed by atoms with Gasteiger partial charge in [-0.25, -0.2) is 0 Å². The van der Waals surface area contributed by atoms with Gasteiger partial charge < -0.3 is 4.90 Å². The molecule has 0 N–H and O–H groups in total. The molecule has 2 fully saturated rings. The first-order chi connectivity index (χ1) is 11.4. The zero-order valence-electron chi connectivity index (χ0n) is 15.8. The number of rotatable bonds is 3. The molecule has 1 aliphatic heterocycles. The summed E-state index contributed by atoms with van der Waals surface area (Å²) in [6, 6.07) is 6.84. The van der Waals surface area contributed by atoms with E-state index in [-0.39, 0.29) is 0 Å². The Balaban J connectivity index is 1.37. The molecule has 0 radical (unpaired) electrons. The smallest absolute Gasteiger partial charge is 0.0399 e. The summed E-state index contributed by atoms with van der Waals surface area (Å²) in [5, 5.41) is 0. The molecule has 0 amide bonds. The second-order valence-electron chi connectivity index (χ2n) is 8.87. The highest BCUT2D eigenvalue weighted by Crippen LogP contribution is 2.59. The first-order valence-electron chi connectivity index (χ1n) is 9.68. The lowest BCUT2D eigenvalue weighted by molar-refractivity contribution is -0.0107. The predicted molar refractivity (Wildman–Crippen MR) is 103 cm³/mol. The molecule has 1 aromatic rings. The highest BCUT2D eigenvalue weighted by atomic mass is 15.3. The summed E-state index contributed by atoms with van der Waals surface area (Å²) in [7, 11) is 0. The van der Waals surface area contributed by atoms with Crippen LogP contribution in [0.3, 0.4) is 0 Å². The predicted octanol–water partition coefficient (Wildman–Crippen LogP) is 4.42. The third-order valence-electron chi connectivity index (χ3n) is 7.07. The van der Waals surface area contributed by atoms with Gasteiger partial charge in [0.25, 0.3) is 0 Å². The Kier molecular flexibility index (Phi) is 3.99. The maximum absolute atomic E-state index is 2.68. The van der Waals surface area contributed by atoms with Gasteiger partial charge in [-0.05, 0) is 61.1 Å². The second kappa shape index (κ2) is 5.91. The first kappa shape index (κ1) is 16.2. The molecule has 2 bridgehead atoms. The number of allylic oxidation sites excluding steroid dienone is 1. The average molecular weight is 325 g/mol. The number of benzene rings is 1. The Bertz CT molecular complexity index is 650. The quantitative estimate of drug-likeness (QED) is 0.760. The maximum Gasteiger partial charge on any atom is 0.0399 e. The number of hydrogen-bond acceptors (Lipinski definition) is 2. The van der Waals surface area contributed by atoms with Gasteiger partial charge in [-0.3, -0.25) is 4.90 Å². The van der Waals surface area contributed by atoms with Crippen molar-refractivity contribution < 1.29 is 0 Å². The highest BCUT2D eigenvalue weighted by Gasteiger charge is 2.51. The number of aryl methyl sites for hydroxylation is 2. The molecule has 1 saturated carbocycles. The topological polar surface area (TPSA) is 6.48 Å². The molecule has 24 heavy (non-hydrogen) atoms. The molecular weight excluding hydrogens is 292 g/mol.